The summed E-state index contributed by atoms with van der Waals surface area (Å²) in [5, 5.41) is 16.9. The normalized spacial score (nSPS) is 10.7. The molecule has 120 valence electrons. The third-order valence-electron chi connectivity index (χ3n) is 2.86. The standard InChI is InChI=1S/C17H18N2O4/c1-2-22-17(21)13-3-5-14(6-4-13)18-19-15-7-9-16(10-8-15)23-12-11-20/h3-10,20H,2,11-12H2,1H3. The van der Waals surface area contributed by atoms with Crippen molar-refractivity contribution in [3.8, 4) is 5.75 Å². The van der Waals surface area contributed by atoms with E-state index in [1.165, 1.54) is 0 Å². The predicted octanol–water partition coefficient (Wildman–Crippen LogP) is 3.65. The minimum atomic E-state index is -0.352. The van der Waals surface area contributed by atoms with Gasteiger partial charge in [0.2, 0.25) is 0 Å². The monoisotopic (exact) mass is 314 g/mol. The van der Waals surface area contributed by atoms with Crippen molar-refractivity contribution in [2.24, 2.45) is 10.2 Å². The highest BCUT2D eigenvalue weighted by Crippen LogP contribution is 2.21. The molecule has 0 heterocycles. The number of aliphatic hydroxyl groups is 1. The number of hydrogen-bond acceptors (Lipinski definition) is 6. The highest BCUT2D eigenvalue weighted by atomic mass is 16.5. The number of carbonyl (C=O) groups is 1. The molecule has 0 saturated heterocycles. The molecule has 0 amide bonds. The van der Waals surface area contributed by atoms with Crippen molar-refractivity contribution in [1.82, 2.24) is 0 Å². The van der Waals surface area contributed by atoms with Crippen LogP contribution >= 0.6 is 0 Å². The molecule has 0 atom stereocenters. The van der Waals surface area contributed by atoms with E-state index < -0.39 is 0 Å². The lowest BCUT2D eigenvalue weighted by Gasteiger charge is -2.03. The summed E-state index contributed by atoms with van der Waals surface area (Å²) in [6.07, 6.45) is 0. The van der Waals surface area contributed by atoms with E-state index >= 15 is 0 Å². The van der Waals surface area contributed by atoms with E-state index in [0.29, 0.717) is 29.3 Å². The maximum Gasteiger partial charge on any atom is 0.338 e. The smallest absolute Gasteiger partial charge is 0.338 e. The van der Waals surface area contributed by atoms with Gasteiger partial charge in [-0.25, -0.2) is 4.79 Å². The third-order valence-corrected chi connectivity index (χ3v) is 2.86. The lowest BCUT2D eigenvalue weighted by Crippen LogP contribution is -2.03. The van der Waals surface area contributed by atoms with Crippen LogP contribution in [0.3, 0.4) is 0 Å². The molecule has 0 saturated carbocycles. The van der Waals surface area contributed by atoms with E-state index in [9.17, 15) is 4.79 Å². The first-order chi connectivity index (χ1) is 11.2. The molecule has 0 aliphatic carbocycles. The summed E-state index contributed by atoms with van der Waals surface area (Å²) >= 11 is 0. The van der Waals surface area contributed by atoms with Crippen molar-refractivity contribution in [1.29, 1.82) is 0 Å². The Bertz CT molecular complexity index is 651. The van der Waals surface area contributed by atoms with Crippen molar-refractivity contribution in [2.45, 2.75) is 6.92 Å². The van der Waals surface area contributed by atoms with Crippen LogP contribution in [0.25, 0.3) is 0 Å². The van der Waals surface area contributed by atoms with E-state index in [4.69, 9.17) is 14.6 Å². The second kappa shape index (κ2) is 8.65. The number of ether oxygens (including phenoxy) is 2. The second-order valence-corrected chi connectivity index (χ2v) is 4.53. The Kier molecular flexibility index (Phi) is 6.26. The molecule has 0 aliphatic heterocycles. The quantitative estimate of drug-likeness (QED) is 0.625. The molecule has 0 spiro atoms. The molecule has 0 unspecified atom stereocenters. The molecule has 0 fully saturated rings. The van der Waals surface area contributed by atoms with Crippen LogP contribution in [0.1, 0.15) is 17.3 Å². The topological polar surface area (TPSA) is 80.5 Å². The summed E-state index contributed by atoms with van der Waals surface area (Å²) in [5.74, 6) is 0.311. The number of aliphatic hydroxyl groups excluding tert-OH is 1. The molecule has 0 radical (unpaired) electrons. The second-order valence-electron chi connectivity index (χ2n) is 4.53. The first-order valence-corrected chi connectivity index (χ1v) is 7.25. The van der Waals surface area contributed by atoms with Crippen LogP contribution < -0.4 is 4.74 Å². The lowest BCUT2D eigenvalue weighted by atomic mass is 10.2. The highest BCUT2D eigenvalue weighted by molar-refractivity contribution is 5.89. The molecule has 1 N–H and O–H groups in total. The van der Waals surface area contributed by atoms with Crippen molar-refractivity contribution in [3.63, 3.8) is 0 Å². The van der Waals surface area contributed by atoms with Gasteiger partial charge in [0.1, 0.15) is 12.4 Å². The number of carbonyl (C=O) groups excluding carboxylic acids is 1. The summed E-state index contributed by atoms with van der Waals surface area (Å²) in [6.45, 7) is 2.34. The third kappa shape index (κ3) is 5.19. The van der Waals surface area contributed by atoms with Gasteiger partial charge in [0, 0.05) is 0 Å². The van der Waals surface area contributed by atoms with Gasteiger partial charge in [-0.3, -0.25) is 0 Å². The van der Waals surface area contributed by atoms with Crippen LogP contribution in [0.4, 0.5) is 11.4 Å². The fourth-order valence-electron chi connectivity index (χ4n) is 1.77. The average Bonchev–Trinajstić information content (AvgIpc) is 2.59. The van der Waals surface area contributed by atoms with Crippen molar-refractivity contribution in [3.05, 3.63) is 54.1 Å². The Hall–Kier alpha value is -2.73. The largest absolute Gasteiger partial charge is 0.491 e. The van der Waals surface area contributed by atoms with Crippen molar-refractivity contribution in [2.75, 3.05) is 19.8 Å². The van der Waals surface area contributed by atoms with Crippen molar-refractivity contribution >= 4 is 17.3 Å². The molecule has 6 nitrogen and oxygen atoms in total. The Balaban J connectivity index is 1.98. The zero-order chi connectivity index (χ0) is 16.5. The highest BCUT2D eigenvalue weighted by Gasteiger charge is 2.05. The summed E-state index contributed by atoms with van der Waals surface area (Å²) in [5.41, 5.74) is 1.80. The zero-order valence-electron chi connectivity index (χ0n) is 12.8. The summed E-state index contributed by atoms with van der Waals surface area (Å²) in [6, 6.07) is 13.8. The first kappa shape index (κ1) is 16.6. The number of rotatable bonds is 7. The van der Waals surface area contributed by atoms with Gasteiger partial charge in [-0.15, -0.1) is 0 Å². The van der Waals surface area contributed by atoms with Gasteiger partial charge in [0.15, 0.2) is 0 Å². The Morgan fingerprint density at radius 3 is 2.09 bits per heavy atom. The van der Waals surface area contributed by atoms with Crippen molar-refractivity contribution < 1.29 is 19.4 Å². The van der Waals surface area contributed by atoms with E-state index in [1.807, 2.05) is 0 Å². The number of hydrogen-bond donors (Lipinski definition) is 1. The Morgan fingerprint density at radius 2 is 1.57 bits per heavy atom. The van der Waals surface area contributed by atoms with Crippen LogP contribution in [0.2, 0.25) is 0 Å². The summed E-state index contributed by atoms with van der Waals surface area (Å²) in [7, 11) is 0. The summed E-state index contributed by atoms with van der Waals surface area (Å²) < 4.78 is 10.2. The minimum absolute atomic E-state index is 0.0245. The maximum absolute atomic E-state index is 11.5. The number of azo groups is 1. The van der Waals surface area contributed by atoms with Gasteiger partial charge in [-0.2, -0.15) is 10.2 Å². The molecular formula is C17H18N2O4. The SMILES string of the molecule is CCOC(=O)c1ccc(N=Nc2ccc(OCCO)cc2)cc1. The molecule has 0 bridgehead atoms. The molecule has 0 aliphatic rings. The lowest BCUT2D eigenvalue weighted by molar-refractivity contribution is 0.0526. The van der Waals surface area contributed by atoms with Gasteiger partial charge >= 0.3 is 5.97 Å². The Labute approximate surface area is 134 Å². The summed E-state index contributed by atoms with van der Waals surface area (Å²) in [4.78, 5) is 11.5. The molecule has 2 rings (SSSR count). The maximum atomic E-state index is 11.5. The zero-order valence-corrected chi connectivity index (χ0v) is 12.8. The van der Waals surface area contributed by atoms with E-state index in [1.54, 1.807) is 55.5 Å². The molecule has 6 heteroatoms. The first-order valence-electron chi connectivity index (χ1n) is 7.25. The fraction of sp³-hybridized carbons (Fsp3) is 0.235. The molecular weight excluding hydrogens is 296 g/mol. The van der Waals surface area contributed by atoms with Gasteiger partial charge in [-0.1, -0.05) is 0 Å². The van der Waals surface area contributed by atoms with E-state index in [-0.39, 0.29) is 19.2 Å². The van der Waals surface area contributed by atoms with Crippen LogP contribution in [0, 0.1) is 0 Å². The Morgan fingerprint density at radius 1 is 1.00 bits per heavy atom. The fourth-order valence-corrected chi connectivity index (χ4v) is 1.77. The molecule has 0 aromatic heterocycles. The van der Waals surface area contributed by atoms with Gasteiger partial charge in [-0.05, 0) is 55.5 Å². The number of benzene rings is 2. The van der Waals surface area contributed by atoms with E-state index in [2.05, 4.69) is 10.2 Å². The van der Waals surface area contributed by atoms with Gasteiger partial charge in [0.25, 0.3) is 0 Å². The van der Waals surface area contributed by atoms with Crippen LogP contribution in [-0.2, 0) is 4.74 Å². The van der Waals surface area contributed by atoms with Crippen LogP contribution in [0.15, 0.2) is 58.8 Å². The van der Waals surface area contributed by atoms with E-state index in [0.717, 1.165) is 0 Å². The van der Waals surface area contributed by atoms with Gasteiger partial charge < -0.3 is 14.6 Å². The van der Waals surface area contributed by atoms with Crippen LogP contribution in [0.5, 0.6) is 5.75 Å². The molecule has 2 aromatic carbocycles. The number of nitrogens with zero attached hydrogens (tertiary/aromatic N) is 2. The molecule has 23 heavy (non-hydrogen) atoms. The average molecular weight is 314 g/mol. The predicted molar refractivity (Wildman–Crippen MR) is 85.6 cm³/mol. The number of esters is 1. The minimum Gasteiger partial charge on any atom is -0.491 e. The molecule has 2 aromatic rings. The van der Waals surface area contributed by atoms with Crippen LogP contribution in [-0.4, -0.2) is 30.9 Å². The van der Waals surface area contributed by atoms with Gasteiger partial charge in [0.05, 0.1) is 30.2 Å².